The Morgan fingerprint density at radius 1 is 1.10 bits per heavy atom. The van der Waals surface area contributed by atoms with Gasteiger partial charge in [0.25, 0.3) is 0 Å². The van der Waals surface area contributed by atoms with Gasteiger partial charge in [-0.2, -0.15) is 0 Å². The highest BCUT2D eigenvalue weighted by Gasteiger charge is 2.18. The van der Waals surface area contributed by atoms with E-state index in [1.165, 1.54) is 16.6 Å². The van der Waals surface area contributed by atoms with Crippen molar-refractivity contribution in [3.63, 3.8) is 0 Å². The highest BCUT2D eigenvalue weighted by molar-refractivity contribution is 7.98. The quantitative estimate of drug-likeness (QED) is 0.344. The van der Waals surface area contributed by atoms with Crippen molar-refractivity contribution in [1.82, 2.24) is 14.9 Å². The second kappa shape index (κ2) is 10.6. The van der Waals surface area contributed by atoms with Crippen LogP contribution in [0.3, 0.4) is 0 Å². The molecule has 0 radical (unpaired) electrons. The maximum absolute atomic E-state index is 13.2. The number of aromatic nitrogens is 2. The molecule has 3 aromatic rings. The van der Waals surface area contributed by atoms with Gasteiger partial charge in [-0.05, 0) is 49.6 Å². The molecule has 0 saturated heterocycles. The average molecular weight is 442 g/mol. The number of thiophene rings is 1. The van der Waals surface area contributed by atoms with Crippen LogP contribution >= 0.6 is 23.1 Å². The lowest BCUT2D eigenvalue weighted by Crippen LogP contribution is -2.30. The lowest BCUT2D eigenvalue weighted by molar-refractivity contribution is -0.132. The lowest BCUT2D eigenvalue weighted by Gasteiger charge is -2.24. The maximum atomic E-state index is 13.2. The number of rotatable bonds is 9. The first-order chi connectivity index (χ1) is 14.5. The topological polar surface area (TPSA) is 55.3 Å². The normalized spacial score (nSPS) is 10.8. The zero-order valence-electron chi connectivity index (χ0n) is 17.8. The SMILES string of the molecule is COc1ccccc1CN(Cc1cccs1)C(=O)CCc1c(C)nc(SC)nc1C. The van der Waals surface area contributed by atoms with Crippen LogP contribution in [0.1, 0.15) is 33.8 Å². The van der Waals surface area contributed by atoms with Gasteiger partial charge < -0.3 is 9.64 Å². The summed E-state index contributed by atoms with van der Waals surface area (Å²) in [5.74, 6) is 0.913. The van der Waals surface area contributed by atoms with Crippen molar-refractivity contribution in [2.45, 2.75) is 44.9 Å². The van der Waals surface area contributed by atoms with Gasteiger partial charge in [0.05, 0.1) is 13.7 Å². The van der Waals surface area contributed by atoms with Crippen LogP contribution < -0.4 is 4.74 Å². The molecule has 2 heterocycles. The van der Waals surface area contributed by atoms with Gasteiger partial charge in [0, 0.05) is 34.8 Å². The van der Waals surface area contributed by atoms with Gasteiger partial charge in [-0.3, -0.25) is 4.79 Å². The molecule has 5 nitrogen and oxygen atoms in total. The fourth-order valence-corrected chi connectivity index (χ4v) is 4.59. The third kappa shape index (κ3) is 5.61. The summed E-state index contributed by atoms with van der Waals surface area (Å²) in [5.41, 5.74) is 3.97. The largest absolute Gasteiger partial charge is 0.496 e. The van der Waals surface area contributed by atoms with Gasteiger partial charge in [-0.25, -0.2) is 9.97 Å². The van der Waals surface area contributed by atoms with Crippen LogP contribution in [0.4, 0.5) is 0 Å². The molecule has 0 aliphatic rings. The molecule has 0 atom stereocenters. The fourth-order valence-electron chi connectivity index (χ4n) is 3.41. The zero-order chi connectivity index (χ0) is 21.5. The van der Waals surface area contributed by atoms with E-state index in [0.717, 1.165) is 33.4 Å². The number of thioether (sulfide) groups is 1. The van der Waals surface area contributed by atoms with Crippen LogP contribution in [0.15, 0.2) is 46.9 Å². The number of hydrogen-bond acceptors (Lipinski definition) is 6. The fraction of sp³-hybridized carbons (Fsp3) is 0.348. The number of carbonyl (C=O) groups is 1. The summed E-state index contributed by atoms with van der Waals surface area (Å²) >= 11 is 3.20. The number of benzene rings is 1. The third-order valence-corrected chi connectivity index (χ3v) is 6.41. The minimum absolute atomic E-state index is 0.113. The molecule has 1 amide bonds. The summed E-state index contributed by atoms with van der Waals surface area (Å²) in [6, 6.07) is 11.9. The van der Waals surface area contributed by atoms with E-state index in [-0.39, 0.29) is 5.91 Å². The Hall–Kier alpha value is -2.38. The molecule has 0 bridgehead atoms. The van der Waals surface area contributed by atoms with Gasteiger partial charge in [0.15, 0.2) is 5.16 Å². The Kier molecular flexibility index (Phi) is 7.87. The van der Waals surface area contributed by atoms with E-state index in [1.807, 2.05) is 60.7 Å². The second-order valence-corrected chi connectivity index (χ2v) is 8.81. The summed E-state index contributed by atoms with van der Waals surface area (Å²) in [4.78, 5) is 25.4. The molecule has 0 aliphatic carbocycles. The molecule has 1 aromatic carbocycles. The smallest absolute Gasteiger partial charge is 0.223 e. The van der Waals surface area contributed by atoms with Crippen molar-refractivity contribution in [3.8, 4) is 5.75 Å². The van der Waals surface area contributed by atoms with E-state index in [9.17, 15) is 4.79 Å². The van der Waals surface area contributed by atoms with Crippen molar-refractivity contribution in [2.24, 2.45) is 0 Å². The Morgan fingerprint density at radius 3 is 2.47 bits per heavy atom. The number of hydrogen-bond donors (Lipinski definition) is 0. The molecule has 0 unspecified atom stereocenters. The first-order valence-corrected chi connectivity index (χ1v) is 11.9. The summed E-state index contributed by atoms with van der Waals surface area (Å²) in [5, 5.41) is 2.81. The molecule has 7 heteroatoms. The predicted octanol–water partition coefficient (Wildman–Crippen LogP) is 5.05. The third-order valence-electron chi connectivity index (χ3n) is 5.00. The van der Waals surface area contributed by atoms with Crippen LogP contribution in [0.5, 0.6) is 5.75 Å². The summed E-state index contributed by atoms with van der Waals surface area (Å²) in [7, 11) is 1.66. The summed E-state index contributed by atoms with van der Waals surface area (Å²) < 4.78 is 5.49. The van der Waals surface area contributed by atoms with E-state index in [2.05, 4.69) is 16.0 Å². The van der Waals surface area contributed by atoms with Crippen molar-refractivity contribution >= 4 is 29.0 Å². The van der Waals surface area contributed by atoms with Crippen molar-refractivity contribution in [2.75, 3.05) is 13.4 Å². The molecular weight excluding hydrogens is 414 g/mol. The molecule has 158 valence electrons. The number of ether oxygens (including phenoxy) is 1. The highest BCUT2D eigenvalue weighted by Crippen LogP contribution is 2.23. The van der Waals surface area contributed by atoms with Gasteiger partial charge >= 0.3 is 0 Å². The molecule has 0 N–H and O–H groups in total. The lowest BCUT2D eigenvalue weighted by atomic mass is 10.1. The van der Waals surface area contributed by atoms with Gasteiger partial charge in [-0.1, -0.05) is 36.0 Å². The number of carbonyl (C=O) groups excluding carboxylic acids is 1. The molecule has 3 rings (SSSR count). The van der Waals surface area contributed by atoms with E-state index < -0.39 is 0 Å². The first kappa shape index (κ1) is 22.3. The maximum Gasteiger partial charge on any atom is 0.223 e. The number of methoxy groups -OCH3 is 1. The van der Waals surface area contributed by atoms with Crippen LogP contribution in [0.2, 0.25) is 0 Å². The molecule has 30 heavy (non-hydrogen) atoms. The highest BCUT2D eigenvalue weighted by atomic mass is 32.2. The predicted molar refractivity (Wildman–Crippen MR) is 123 cm³/mol. The van der Waals surface area contributed by atoms with Gasteiger partial charge in [0.1, 0.15) is 5.75 Å². The monoisotopic (exact) mass is 441 g/mol. The van der Waals surface area contributed by atoms with Crippen LogP contribution in [-0.4, -0.2) is 34.1 Å². The van der Waals surface area contributed by atoms with E-state index >= 15 is 0 Å². The Labute approximate surface area is 186 Å². The summed E-state index contributed by atoms with van der Waals surface area (Å²) in [6.45, 7) is 5.09. The van der Waals surface area contributed by atoms with E-state index in [4.69, 9.17) is 4.74 Å². The minimum Gasteiger partial charge on any atom is -0.496 e. The molecule has 0 aliphatic heterocycles. The van der Waals surface area contributed by atoms with Crippen LogP contribution in [-0.2, 0) is 24.3 Å². The standard InChI is InChI=1S/C23H27N3O2S2/c1-16-20(17(2)25-23(24-16)29-4)11-12-22(27)26(15-19-9-7-13-30-19)14-18-8-5-6-10-21(18)28-3/h5-10,13H,11-12,14-15H2,1-4H3. The minimum atomic E-state index is 0.113. The van der Waals surface area contributed by atoms with Gasteiger partial charge in [0.2, 0.25) is 5.91 Å². The van der Waals surface area contributed by atoms with Crippen LogP contribution in [0.25, 0.3) is 0 Å². The Balaban J connectivity index is 1.77. The number of para-hydroxylation sites is 1. The second-order valence-electron chi connectivity index (χ2n) is 7.00. The van der Waals surface area contributed by atoms with Gasteiger partial charge in [-0.15, -0.1) is 11.3 Å². The van der Waals surface area contributed by atoms with Crippen molar-refractivity contribution in [1.29, 1.82) is 0 Å². The first-order valence-electron chi connectivity index (χ1n) is 9.82. The molecule has 0 spiro atoms. The van der Waals surface area contributed by atoms with Crippen molar-refractivity contribution < 1.29 is 9.53 Å². The molecule has 2 aromatic heterocycles. The number of aryl methyl sites for hydroxylation is 2. The number of amides is 1. The number of nitrogens with zero attached hydrogens (tertiary/aromatic N) is 3. The van der Waals surface area contributed by atoms with E-state index in [0.29, 0.717) is 25.9 Å². The van der Waals surface area contributed by atoms with Crippen molar-refractivity contribution in [3.05, 3.63) is 69.2 Å². The van der Waals surface area contributed by atoms with Crippen LogP contribution in [0, 0.1) is 13.8 Å². The molecule has 0 saturated carbocycles. The average Bonchev–Trinajstić information content (AvgIpc) is 3.25. The Morgan fingerprint density at radius 2 is 1.83 bits per heavy atom. The summed E-state index contributed by atoms with van der Waals surface area (Å²) in [6.07, 6.45) is 3.03. The molecule has 0 fully saturated rings. The molecular formula is C23H27N3O2S2. The Bertz CT molecular complexity index is 967. The zero-order valence-corrected chi connectivity index (χ0v) is 19.5. The van der Waals surface area contributed by atoms with E-state index in [1.54, 1.807) is 18.4 Å².